The van der Waals surface area contributed by atoms with Crippen LogP contribution in [-0.4, -0.2) is 17.1 Å². The lowest BCUT2D eigenvalue weighted by Gasteiger charge is -2.10. The zero-order valence-electron chi connectivity index (χ0n) is 11.7. The third-order valence-corrected chi connectivity index (χ3v) is 2.80. The van der Waals surface area contributed by atoms with Crippen molar-refractivity contribution < 1.29 is 4.74 Å². The van der Waals surface area contributed by atoms with E-state index in [4.69, 9.17) is 10.6 Å². The molecule has 2 rings (SSSR count). The number of aromatic nitrogens is 2. The lowest BCUT2D eigenvalue weighted by atomic mass is 10.1. The van der Waals surface area contributed by atoms with Gasteiger partial charge in [0.2, 0.25) is 0 Å². The fourth-order valence-electron chi connectivity index (χ4n) is 1.85. The summed E-state index contributed by atoms with van der Waals surface area (Å²) >= 11 is 0. The van der Waals surface area contributed by atoms with Crippen molar-refractivity contribution in [2.45, 2.75) is 20.0 Å². The van der Waals surface area contributed by atoms with E-state index in [0.29, 0.717) is 24.1 Å². The second-order valence-corrected chi connectivity index (χ2v) is 4.31. The summed E-state index contributed by atoms with van der Waals surface area (Å²) in [6.07, 6.45) is 0.990. The molecule has 6 nitrogen and oxygen atoms in total. The number of nitrogens with two attached hydrogens (primary N) is 1. The number of rotatable bonds is 6. The molecule has 0 aliphatic carbocycles. The molecule has 0 spiro atoms. The molecule has 4 N–H and O–H groups in total. The van der Waals surface area contributed by atoms with E-state index in [1.54, 1.807) is 13.2 Å². The first-order valence-electron chi connectivity index (χ1n) is 6.44. The predicted octanol–water partition coefficient (Wildman–Crippen LogP) is 2.21. The molecule has 20 heavy (non-hydrogen) atoms. The second-order valence-electron chi connectivity index (χ2n) is 4.31. The molecule has 6 heteroatoms. The summed E-state index contributed by atoms with van der Waals surface area (Å²) in [5, 5.41) is 3.25. The number of nitrogens with zero attached hydrogens (tertiary/aromatic N) is 2. The van der Waals surface area contributed by atoms with Gasteiger partial charge in [0.05, 0.1) is 0 Å². The summed E-state index contributed by atoms with van der Waals surface area (Å²) < 4.78 is 5.05. The van der Waals surface area contributed by atoms with Gasteiger partial charge in [-0.3, -0.25) is 0 Å². The van der Waals surface area contributed by atoms with Crippen LogP contribution in [0.1, 0.15) is 18.3 Å². The summed E-state index contributed by atoms with van der Waals surface area (Å²) in [6.45, 7) is 2.45. The summed E-state index contributed by atoms with van der Waals surface area (Å²) in [7, 11) is 1.60. The molecule has 0 fully saturated rings. The number of benzene rings is 1. The molecule has 0 saturated carbocycles. The molecule has 1 aromatic heterocycles. The number of methoxy groups -OCH3 is 1. The predicted molar refractivity (Wildman–Crippen MR) is 79.7 cm³/mol. The Labute approximate surface area is 118 Å². The minimum atomic E-state index is 0.333. The quantitative estimate of drug-likeness (QED) is 0.553. The van der Waals surface area contributed by atoms with E-state index in [-0.39, 0.29) is 0 Å². The molecular formula is C14H19N5O. The molecule has 0 radical (unpaired) electrons. The van der Waals surface area contributed by atoms with Gasteiger partial charge >= 0.3 is 0 Å². The maximum Gasteiger partial charge on any atom is 0.158 e. The molecule has 1 heterocycles. The van der Waals surface area contributed by atoms with E-state index < -0.39 is 0 Å². The third kappa shape index (κ3) is 3.66. The Hall–Kier alpha value is -2.18. The number of hydrazine groups is 1. The fraction of sp³-hybridized carbons (Fsp3) is 0.286. The van der Waals surface area contributed by atoms with Crippen molar-refractivity contribution in [1.82, 2.24) is 9.97 Å². The molecule has 0 atom stereocenters. The van der Waals surface area contributed by atoms with Crippen molar-refractivity contribution >= 4 is 17.3 Å². The first-order valence-corrected chi connectivity index (χ1v) is 6.44. The average Bonchev–Trinajstić information content (AvgIpc) is 2.47. The molecule has 106 valence electrons. The molecule has 2 aromatic rings. The maximum atomic E-state index is 5.41. The highest BCUT2D eigenvalue weighted by molar-refractivity contribution is 5.59. The minimum Gasteiger partial charge on any atom is -0.377 e. The van der Waals surface area contributed by atoms with Crippen LogP contribution in [0.2, 0.25) is 0 Å². The molecule has 0 bridgehead atoms. The first-order chi connectivity index (χ1) is 9.75. The van der Waals surface area contributed by atoms with Crippen molar-refractivity contribution in [2.24, 2.45) is 5.84 Å². The van der Waals surface area contributed by atoms with Gasteiger partial charge in [-0.05, 0) is 24.1 Å². The van der Waals surface area contributed by atoms with E-state index in [1.807, 2.05) is 12.1 Å². The van der Waals surface area contributed by atoms with E-state index in [2.05, 4.69) is 39.8 Å². The van der Waals surface area contributed by atoms with Crippen molar-refractivity contribution in [3.63, 3.8) is 0 Å². The molecule has 0 aliphatic heterocycles. The first kappa shape index (κ1) is 14.2. The fourth-order valence-corrected chi connectivity index (χ4v) is 1.85. The highest BCUT2D eigenvalue weighted by atomic mass is 16.5. The summed E-state index contributed by atoms with van der Waals surface area (Å²) in [5.74, 6) is 7.20. The van der Waals surface area contributed by atoms with Gasteiger partial charge in [0.1, 0.15) is 18.2 Å². The van der Waals surface area contributed by atoms with Crippen LogP contribution in [-0.2, 0) is 17.8 Å². The third-order valence-electron chi connectivity index (χ3n) is 2.80. The molecule has 0 unspecified atom stereocenters. The Morgan fingerprint density at radius 1 is 1.20 bits per heavy atom. The molecule has 0 amide bonds. The van der Waals surface area contributed by atoms with Crippen LogP contribution in [0.25, 0.3) is 0 Å². The lowest BCUT2D eigenvalue weighted by Crippen LogP contribution is -2.11. The Kier molecular flexibility index (Phi) is 4.86. The zero-order valence-corrected chi connectivity index (χ0v) is 11.7. The van der Waals surface area contributed by atoms with E-state index in [0.717, 1.165) is 12.1 Å². The summed E-state index contributed by atoms with van der Waals surface area (Å²) in [4.78, 5) is 8.58. The summed E-state index contributed by atoms with van der Waals surface area (Å²) in [5.41, 5.74) is 4.77. The van der Waals surface area contributed by atoms with Crippen molar-refractivity contribution in [1.29, 1.82) is 0 Å². The van der Waals surface area contributed by atoms with Gasteiger partial charge in [0.25, 0.3) is 0 Å². The number of nitrogens with one attached hydrogen (secondary N) is 2. The van der Waals surface area contributed by atoms with Crippen molar-refractivity contribution in [3.8, 4) is 0 Å². The SMILES string of the molecule is CCc1cccc(Nc2cc(NN)nc(COC)n2)c1. The number of ether oxygens (including phenoxy) is 1. The standard InChI is InChI=1S/C14H19N5O/c1-3-10-5-4-6-11(7-10)16-12-8-13(19-15)18-14(17-12)9-20-2/h4-8H,3,9,15H2,1-2H3,(H2,16,17,18,19). The number of hydrogen-bond donors (Lipinski definition) is 3. The Morgan fingerprint density at radius 3 is 2.70 bits per heavy atom. The number of anilines is 3. The van der Waals surface area contributed by atoms with Gasteiger partial charge in [0.15, 0.2) is 5.82 Å². The number of aryl methyl sites for hydroxylation is 1. The van der Waals surface area contributed by atoms with E-state index in [1.165, 1.54) is 5.56 Å². The number of hydrogen-bond acceptors (Lipinski definition) is 6. The molecule has 0 saturated heterocycles. The number of nitrogen functional groups attached to an aromatic ring is 1. The van der Waals surface area contributed by atoms with Crippen LogP contribution in [0.3, 0.4) is 0 Å². The van der Waals surface area contributed by atoms with Gasteiger partial charge in [-0.1, -0.05) is 19.1 Å². The van der Waals surface area contributed by atoms with Crippen LogP contribution < -0.4 is 16.6 Å². The normalized spacial score (nSPS) is 10.3. The Balaban J connectivity index is 2.24. The average molecular weight is 273 g/mol. The maximum absolute atomic E-state index is 5.41. The van der Waals surface area contributed by atoms with Gasteiger partial charge in [-0.2, -0.15) is 0 Å². The Morgan fingerprint density at radius 2 is 2.00 bits per heavy atom. The second kappa shape index (κ2) is 6.83. The van der Waals surface area contributed by atoms with Crippen LogP contribution in [0, 0.1) is 0 Å². The topological polar surface area (TPSA) is 85.1 Å². The molecular weight excluding hydrogens is 254 g/mol. The van der Waals surface area contributed by atoms with Gasteiger partial charge < -0.3 is 15.5 Å². The molecule has 0 aliphatic rings. The van der Waals surface area contributed by atoms with Crippen LogP contribution in [0.4, 0.5) is 17.3 Å². The summed E-state index contributed by atoms with van der Waals surface area (Å²) in [6, 6.07) is 9.94. The van der Waals surface area contributed by atoms with E-state index in [9.17, 15) is 0 Å². The van der Waals surface area contributed by atoms with Crippen LogP contribution >= 0.6 is 0 Å². The van der Waals surface area contributed by atoms with Crippen LogP contribution in [0.5, 0.6) is 0 Å². The highest BCUT2D eigenvalue weighted by Crippen LogP contribution is 2.18. The van der Waals surface area contributed by atoms with Gasteiger partial charge in [0, 0.05) is 18.9 Å². The largest absolute Gasteiger partial charge is 0.377 e. The van der Waals surface area contributed by atoms with Gasteiger partial charge in [-0.15, -0.1) is 0 Å². The lowest BCUT2D eigenvalue weighted by molar-refractivity contribution is 0.178. The Bertz CT molecular complexity index is 573. The minimum absolute atomic E-state index is 0.333. The van der Waals surface area contributed by atoms with Crippen molar-refractivity contribution in [3.05, 3.63) is 41.7 Å². The smallest absolute Gasteiger partial charge is 0.158 e. The van der Waals surface area contributed by atoms with Crippen LogP contribution in [0.15, 0.2) is 30.3 Å². The monoisotopic (exact) mass is 273 g/mol. The van der Waals surface area contributed by atoms with E-state index >= 15 is 0 Å². The van der Waals surface area contributed by atoms with Crippen molar-refractivity contribution in [2.75, 3.05) is 17.9 Å². The highest BCUT2D eigenvalue weighted by Gasteiger charge is 2.04. The zero-order chi connectivity index (χ0) is 14.4. The molecule has 1 aromatic carbocycles. The van der Waals surface area contributed by atoms with Gasteiger partial charge in [-0.25, -0.2) is 15.8 Å².